The van der Waals surface area contributed by atoms with Gasteiger partial charge in [-0.1, -0.05) is 60.7 Å². The summed E-state index contributed by atoms with van der Waals surface area (Å²) >= 11 is 0. The van der Waals surface area contributed by atoms with E-state index in [-0.39, 0.29) is 11.9 Å². The molecule has 2 heterocycles. The van der Waals surface area contributed by atoms with Crippen molar-refractivity contribution in [2.24, 2.45) is 0 Å². The third-order valence-corrected chi connectivity index (χ3v) is 6.62. The molecule has 5 nitrogen and oxygen atoms in total. The number of hydrogen-bond acceptors (Lipinski definition) is 4. The Morgan fingerprint density at radius 1 is 0.867 bits per heavy atom. The van der Waals surface area contributed by atoms with Crippen molar-refractivity contribution in [2.75, 3.05) is 39.3 Å². The molecule has 2 aromatic carbocycles. The summed E-state index contributed by atoms with van der Waals surface area (Å²) in [4.78, 5) is 20.5. The molecule has 1 saturated carbocycles. The third kappa shape index (κ3) is 4.29. The number of morpholine rings is 1. The summed E-state index contributed by atoms with van der Waals surface area (Å²) in [5, 5.41) is 0. The molecular formula is C25H31N3O2. The molecule has 0 N–H and O–H groups in total. The van der Waals surface area contributed by atoms with Gasteiger partial charge >= 0.3 is 0 Å². The molecule has 158 valence electrons. The molecule has 2 saturated heterocycles. The highest BCUT2D eigenvalue weighted by Gasteiger charge is 2.45. The van der Waals surface area contributed by atoms with Crippen molar-refractivity contribution in [2.45, 2.75) is 37.6 Å². The number of nitrogens with zero attached hydrogens (tertiary/aromatic N) is 3. The Labute approximate surface area is 179 Å². The van der Waals surface area contributed by atoms with Crippen molar-refractivity contribution >= 4 is 5.91 Å². The molecule has 0 unspecified atom stereocenters. The largest absolute Gasteiger partial charge is 0.365 e. The van der Waals surface area contributed by atoms with Crippen LogP contribution in [0.3, 0.4) is 0 Å². The van der Waals surface area contributed by atoms with Crippen LogP contribution < -0.4 is 0 Å². The Bertz CT molecular complexity index is 832. The number of carbonyl (C=O) groups is 1. The number of amides is 1. The van der Waals surface area contributed by atoms with Crippen LogP contribution in [0.2, 0.25) is 0 Å². The molecule has 3 aliphatic rings. The maximum absolute atomic E-state index is 13.5. The Hall–Kier alpha value is -2.21. The molecule has 0 spiro atoms. The van der Waals surface area contributed by atoms with Gasteiger partial charge in [-0.2, -0.15) is 0 Å². The maximum atomic E-state index is 13.5. The third-order valence-electron chi connectivity index (χ3n) is 6.62. The normalized spacial score (nSPS) is 25.9. The SMILES string of the molecule is O=C([C@@H]1OCCN(C2CC2)[C@H]1c1ccccc1)N1CCN(Cc2ccccc2)CC1. The van der Waals surface area contributed by atoms with Gasteiger partial charge in [-0.15, -0.1) is 0 Å². The quantitative estimate of drug-likeness (QED) is 0.766. The first-order valence-corrected chi connectivity index (χ1v) is 11.3. The molecular weight excluding hydrogens is 374 g/mol. The van der Waals surface area contributed by atoms with E-state index in [0.717, 1.165) is 39.3 Å². The zero-order chi connectivity index (χ0) is 20.3. The van der Waals surface area contributed by atoms with Crippen LogP contribution in [-0.4, -0.2) is 72.1 Å². The summed E-state index contributed by atoms with van der Waals surface area (Å²) in [5.74, 6) is 0.161. The molecule has 2 aliphatic heterocycles. The molecule has 0 aromatic heterocycles. The van der Waals surface area contributed by atoms with Crippen LogP contribution >= 0.6 is 0 Å². The molecule has 30 heavy (non-hydrogen) atoms. The average Bonchev–Trinajstić information content (AvgIpc) is 3.65. The number of hydrogen-bond donors (Lipinski definition) is 0. The van der Waals surface area contributed by atoms with Crippen molar-refractivity contribution < 1.29 is 9.53 Å². The Morgan fingerprint density at radius 2 is 1.53 bits per heavy atom. The Morgan fingerprint density at radius 3 is 2.20 bits per heavy atom. The van der Waals surface area contributed by atoms with E-state index < -0.39 is 6.10 Å². The van der Waals surface area contributed by atoms with Gasteiger partial charge in [-0.25, -0.2) is 0 Å². The van der Waals surface area contributed by atoms with Crippen molar-refractivity contribution in [1.29, 1.82) is 0 Å². The number of ether oxygens (including phenoxy) is 1. The Balaban J connectivity index is 1.26. The fraction of sp³-hybridized carbons (Fsp3) is 0.480. The summed E-state index contributed by atoms with van der Waals surface area (Å²) in [6.07, 6.45) is 2.08. The summed E-state index contributed by atoms with van der Waals surface area (Å²) < 4.78 is 6.14. The van der Waals surface area contributed by atoms with E-state index in [0.29, 0.717) is 12.6 Å². The van der Waals surface area contributed by atoms with Crippen LogP contribution in [0.4, 0.5) is 0 Å². The minimum absolute atomic E-state index is 0.0299. The molecule has 1 aliphatic carbocycles. The molecule has 1 amide bonds. The lowest BCUT2D eigenvalue weighted by Gasteiger charge is -2.44. The zero-order valence-corrected chi connectivity index (χ0v) is 17.5. The second-order valence-electron chi connectivity index (χ2n) is 8.70. The highest BCUT2D eigenvalue weighted by atomic mass is 16.5. The van der Waals surface area contributed by atoms with Crippen LogP contribution in [0.25, 0.3) is 0 Å². The fourth-order valence-corrected chi connectivity index (χ4v) is 4.88. The van der Waals surface area contributed by atoms with Gasteiger partial charge in [-0.3, -0.25) is 14.6 Å². The smallest absolute Gasteiger partial charge is 0.253 e. The van der Waals surface area contributed by atoms with E-state index in [4.69, 9.17) is 4.74 Å². The van der Waals surface area contributed by atoms with Crippen LogP contribution in [0.5, 0.6) is 0 Å². The van der Waals surface area contributed by atoms with Gasteiger partial charge in [0.1, 0.15) is 0 Å². The summed E-state index contributed by atoms with van der Waals surface area (Å²) in [6.45, 7) is 5.88. The highest BCUT2D eigenvalue weighted by molar-refractivity contribution is 5.82. The lowest BCUT2D eigenvalue weighted by atomic mass is 9.96. The number of piperazine rings is 1. The first-order valence-electron chi connectivity index (χ1n) is 11.3. The van der Waals surface area contributed by atoms with Crippen molar-refractivity contribution in [3.8, 4) is 0 Å². The predicted molar refractivity (Wildman–Crippen MR) is 117 cm³/mol. The van der Waals surface area contributed by atoms with Gasteiger partial charge in [0.25, 0.3) is 5.91 Å². The molecule has 0 bridgehead atoms. The van der Waals surface area contributed by atoms with Gasteiger partial charge in [-0.05, 0) is 24.0 Å². The standard InChI is InChI=1S/C25H31N3O2/c29-25(27-15-13-26(14-16-27)19-20-7-3-1-4-8-20)24-23(21-9-5-2-6-10-21)28(17-18-30-24)22-11-12-22/h1-10,22-24H,11-19H2/t23-,24+/m0/s1. The molecule has 2 atom stereocenters. The van der Waals surface area contributed by atoms with E-state index in [1.807, 2.05) is 11.0 Å². The second-order valence-corrected chi connectivity index (χ2v) is 8.70. The van der Waals surface area contributed by atoms with Gasteiger partial charge in [0, 0.05) is 45.3 Å². The van der Waals surface area contributed by atoms with Crippen molar-refractivity contribution in [1.82, 2.24) is 14.7 Å². The van der Waals surface area contributed by atoms with Crippen LogP contribution in [0.15, 0.2) is 60.7 Å². The summed E-state index contributed by atoms with van der Waals surface area (Å²) in [6, 6.07) is 21.7. The Kier molecular flexibility index (Phi) is 5.84. The highest BCUT2D eigenvalue weighted by Crippen LogP contribution is 2.39. The number of carbonyl (C=O) groups excluding carboxylic acids is 1. The molecule has 2 aromatic rings. The van der Waals surface area contributed by atoms with E-state index >= 15 is 0 Å². The molecule has 5 heteroatoms. The van der Waals surface area contributed by atoms with Gasteiger partial charge in [0.2, 0.25) is 0 Å². The van der Waals surface area contributed by atoms with Crippen LogP contribution in [0.1, 0.15) is 30.0 Å². The molecule has 0 radical (unpaired) electrons. The van der Waals surface area contributed by atoms with Crippen molar-refractivity contribution in [3.05, 3.63) is 71.8 Å². The van der Waals surface area contributed by atoms with Gasteiger partial charge in [0.05, 0.1) is 12.6 Å². The van der Waals surface area contributed by atoms with E-state index in [1.54, 1.807) is 0 Å². The molecule has 5 rings (SSSR count). The van der Waals surface area contributed by atoms with E-state index in [2.05, 4.69) is 64.4 Å². The maximum Gasteiger partial charge on any atom is 0.253 e. The second kappa shape index (κ2) is 8.88. The fourth-order valence-electron chi connectivity index (χ4n) is 4.88. The van der Waals surface area contributed by atoms with E-state index in [9.17, 15) is 4.79 Å². The predicted octanol–water partition coefficient (Wildman–Crippen LogP) is 2.94. The molecule has 3 fully saturated rings. The summed E-state index contributed by atoms with van der Waals surface area (Å²) in [5.41, 5.74) is 2.53. The lowest BCUT2D eigenvalue weighted by molar-refractivity contribution is -0.159. The minimum atomic E-state index is -0.401. The number of rotatable bonds is 5. The first-order chi connectivity index (χ1) is 14.8. The van der Waals surface area contributed by atoms with Crippen molar-refractivity contribution in [3.63, 3.8) is 0 Å². The minimum Gasteiger partial charge on any atom is -0.365 e. The topological polar surface area (TPSA) is 36.0 Å². The number of benzene rings is 2. The zero-order valence-electron chi connectivity index (χ0n) is 17.5. The van der Waals surface area contributed by atoms with E-state index in [1.165, 1.54) is 24.0 Å². The van der Waals surface area contributed by atoms with Gasteiger partial charge in [0.15, 0.2) is 6.10 Å². The van der Waals surface area contributed by atoms with Gasteiger partial charge < -0.3 is 9.64 Å². The monoisotopic (exact) mass is 405 g/mol. The van der Waals surface area contributed by atoms with Crippen LogP contribution in [-0.2, 0) is 16.1 Å². The lowest BCUT2D eigenvalue weighted by Crippen LogP contribution is -2.57. The average molecular weight is 406 g/mol. The summed E-state index contributed by atoms with van der Waals surface area (Å²) in [7, 11) is 0. The van der Waals surface area contributed by atoms with Crippen LogP contribution in [0, 0.1) is 0 Å². The first kappa shape index (κ1) is 19.7.